The fourth-order valence-corrected chi connectivity index (χ4v) is 5.59. The Hall–Kier alpha value is -5.17. The van der Waals surface area contributed by atoms with E-state index in [0.29, 0.717) is 5.84 Å². The van der Waals surface area contributed by atoms with Crippen molar-refractivity contribution in [3.8, 4) is 11.4 Å². The Kier molecular flexibility index (Phi) is 5.70. The molecule has 0 unspecified atom stereocenters. The minimum atomic E-state index is -0.248. The van der Waals surface area contributed by atoms with Gasteiger partial charge in [-0.2, -0.15) is 5.10 Å². The molecule has 1 atom stereocenters. The highest BCUT2D eigenvalue weighted by Crippen LogP contribution is 2.49. The van der Waals surface area contributed by atoms with Crippen LogP contribution in [0.3, 0.4) is 0 Å². The number of aliphatic imine (C=N–C) groups is 2. The Bertz CT molecular complexity index is 1800. The van der Waals surface area contributed by atoms with E-state index in [9.17, 15) is 0 Å². The second-order valence-electron chi connectivity index (χ2n) is 9.96. The summed E-state index contributed by atoms with van der Waals surface area (Å²) in [6.07, 6.45) is 0. The van der Waals surface area contributed by atoms with Crippen molar-refractivity contribution >= 4 is 34.6 Å². The number of amidine groups is 2. The second kappa shape index (κ2) is 9.54. The molecule has 4 aromatic carbocycles. The molecule has 1 aromatic heterocycles. The van der Waals surface area contributed by atoms with Crippen LogP contribution in [0.25, 0.3) is 5.69 Å². The molecule has 0 amide bonds. The highest BCUT2D eigenvalue weighted by atomic mass is 16.5. The number of nitrogens with zero attached hydrogens (tertiary/aromatic N) is 5. The monoisotopic (exact) mass is 524 g/mol. The topological polar surface area (TPSA) is 67.0 Å². The van der Waals surface area contributed by atoms with Crippen molar-refractivity contribution in [2.24, 2.45) is 9.98 Å². The summed E-state index contributed by atoms with van der Waals surface area (Å²) >= 11 is 0. The van der Waals surface area contributed by atoms with Gasteiger partial charge in [0.1, 0.15) is 5.75 Å². The maximum Gasteiger partial charge on any atom is 0.179 e. The van der Waals surface area contributed by atoms with E-state index >= 15 is 0 Å². The zero-order valence-corrected chi connectivity index (χ0v) is 22.5. The molecule has 0 saturated carbocycles. The number of aromatic nitrogens is 2. The number of para-hydroxylation sites is 4. The van der Waals surface area contributed by atoms with Crippen molar-refractivity contribution in [1.29, 1.82) is 0 Å². The van der Waals surface area contributed by atoms with E-state index in [-0.39, 0.29) is 6.04 Å². The maximum absolute atomic E-state index is 5.91. The van der Waals surface area contributed by atoms with Crippen molar-refractivity contribution in [3.63, 3.8) is 0 Å². The summed E-state index contributed by atoms with van der Waals surface area (Å²) in [4.78, 5) is 12.7. The van der Waals surface area contributed by atoms with Crippen molar-refractivity contribution in [3.05, 3.63) is 126 Å². The molecule has 0 radical (unpaired) electrons. The second-order valence-corrected chi connectivity index (χ2v) is 9.96. The van der Waals surface area contributed by atoms with Gasteiger partial charge in [-0.3, -0.25) is 0 Å². The largest absolute Gasteiger partial charge is 0.496 e. The summed E-state index contributed by atoms with van der Waals surface area (Å²) in [5.41, 5.74) is 7.88. The first kappa shape index (κ1) is 23.9. The van der Waals surface area contributed by atoms with Crippen molar-refractivity contribution < 1.29 is 4.74 Å². The molecule has 7 nitrogen and oxygen atoms in total. The van der Waals surface area contributed by atoms with Crippen LogP contribution < -0.4 is 15.0 Å². The van der Waals surface area contributed by atoms with Crippen LogP contribution in [0.5, 0.6) is 5.75 Å². The fraction of sp³-hybridized carbons (Fsp3) is 0.121. The van der Waals surface area contributed by atoms with Crippen LogP contribution >= 0.6 is 0 Å². The van der Waals surface area contributed by atoms with E-state index in [4.69, 9.17) is 19.8 Å². The lowest BCUT2D eigenvalue weighted by atomic mass is 9.92. The molecule has 2 aliphatic rings. The number of benzene rings is 4. The first-order chi connectivity index (χ1) is 19.6. The molecule has 3 heterocycles. The Morgan fingerprint density at radius 3 is 2.40 bits per heavy atom. The van der Waals surface area contributed by atoms with Gasteiger partial charge in [0.2, 0.25) is 0 Å². The van der Waals surface area contributed by atoms with E-state index in [2.05, 4.69) is 54.4 Å². The van der Waals surface area contributed by atoms with E-state index in [1.54, 1.807) is 7.11 Å². The van der Waals surface area contributed by atoms with E-state index in [1.807, 2.05) is 77.5 Å². The van der Waals surface area contributed by atoms with Crippen LogP contribution in [-0.2, 0) is 0 Å². The summed E-state index contributed by atoms with van der Waals surface area (Å²) < 4.78 is 7.84. The Labute approximate surface area is 233 Å². The number of aryl methyl sites for hydroxylation is 2. The average molecular weight is 525 g/mol. The van der Waals surface area contributed by atoms with Crippen LogP contribution in [0.2, 0.25) is 0 Å². The number of hydrogen-bond donors (Lipinski definition) is 1. The third kappa shape index (κ3) is 3.86. The molecule has 5 aromatic rings. The lowest BCUT2D eigenvalue weighted by Crippen LogP contribution is -2.46. The van der Waals surface area contributed by atoms with Gasteiger partial charge < -0.3 is 15.0 Å². The molecular formula is C33H28N6O. The van der Waals surface area contributed by atoms with Gasteiger partial charge in [0.05, 0.1) is 35.9 Å². The quantitative estimate of drug-likeness (QED) is 0.268. The smallest absolute Gasteiger partial charge is 0.179 e. The highest BCUT2D eigenvalue weighted by molar-refractivity contribution is 6.51. The van der Waals surface area contributed by atoms with Crippen molar-refractivity contribution in [2.75, 3.05) is 17.3 Å². The molecule has 0 aliphatic carbocycles. The van der Waals surface area contributed by atoms with Gasteiger partial charge in [0, 0.05) is 16.8 Å². The number of rotatable bonds is 4. The molecule has 196 valence electrons. The third-order valence-corrected chi connectivity index (χ3v) is 7.35. The van der Waals surface area contributed by atoms with Crippen LogP contribution in [0, 0.1) is 13.8 Å². The number of ether oxygens (including phenoxy) is 1. The Balaban J connectivity index is 1.52. The van der Waals surface area contributed by atoms with Crippen molar-refractivity contribution in [1.82, 2.24) is 9.78 Å². The van der Waals surface area contributed by atoms with Crippen LogP contribution in [0.15, 0.2) is 113 Å². The summed E-state index contributed by atoms with van der Waals surface area (Å²) in [5, 5.41) is 8.59. The average Bonchev–Trinajstić information content (AvgIpc) is 3.32. The number of nitrogens with one attached hydrogen (secondary N) is 1. The summed E-state index contributed by atoms with van der Waals surface area (Å²) in [7, 11) is 1.72. The van der Waals surface area contributed by atoms with Crippen LogP contribution in [0.1, 0.15) is 28.4 Å². The summed E-state index contributed by atoms with van der Waals surface area (Å²) in [5.74, 6) is 2.98. The third-order valence-electron chi connectivity index (χ3n) is 7.35. The van der Waals surface area contributed by atoms with E-state index < -0.39 is 0 Å². The first-order valence-electron chi connectivity index (χ1n) is 13.3. The predicted octanol–water partition coefficient (Wildman–Crippen LogP) is 7.29. The Morgan fingerprint density at radius 1 is 0.800 bits per heavy atom. The number of methoxy groups -OCH3 is 1. The molecule has 0 spiro atoms. The normalized spacial score (nSPS) is 15.4. The van der Waals surface area contributed by atoms with E-state index in [0.717, 1.165) is 62.5 Å². The van der Waals surface area contributed by atoms with Gasteiger partial charge in [-0.15, -0.1) is 0 Å². The predicted molar refractivity (Wildman–Crippen MR) is 161 cm³/mol. The fourth-order valence-electron chi connectivity index (χ4n) is 5.59. The first-order valence-corrected chi connectivity index (χ1v) is 13.3. The zero-order valence-electron chi connectivity index (χ0n) is 22.5. The maximum atomic E-state index is 5.91. The van der Waals surface area contributed by atoms with Gasteiger partial charge in [0.15, 0.2) is 17.5 Å². The minimum Gasteiger partial charge on any atom is -0.496 e. The van der Waals surface area contributed by atoms with Gasteiger partial charge in [0.25, 0.3) is 0 Å². The zero-order chi connectivity index (χ0) is 27.2. The highest BCUT2D eigenvalue weighted by Gasteiger charge is 2.42. The molecule has 1 N–H and O–H groups in total. The molecule has 0 bridgehead atoms. The summed E-state index contributed by atoms with van der Waals surface area (Å²) in [6.45, 7) is 4.13. The molecule has 40 heavy (non-hydrogen) atoms. The SMILES string of the molecule is COc1ccccc1[C@@H]1c2c(C)nn(-c3ccccc3)c2N=C2C(Nc3cccc(C)c3)=Nc3ccccc3N21. The van der Waals surface area contributed by atoms with Gasteiger partial charge >= 0.3 is 0 Å². The molecular weight excluding hydrogens is 496 g/mol. The van der Waals surface area contributed by atoms with Crippen LogP contribution in [0.4, 0.5) is 22.9 Å². The Morgan fingerprint density at radius 2 is 1.57 bits per heavy atom. The van der Waals surface area contributed by atoms with Gasteiger partial charge in [-0.1, -0.05) is 60.7 Å². The van der Waals surface area contributed by atoms with Crippen LogP contribution in [-0.4, -0.2) is 28.6 Å². The minimum absolute atomic E-state index is 0.248. The van der Waals surface area contributed by atoms with Gasteiger partial charge in [-0.25, -0.2) is 14.7 Å². The summed E-state index contributed by atoms with van der Waals surface area (Å²) in [6, 6.07) is 34.5. The number of anilines is 2. The molecule has 7 rings (SSSR count). The van der Waals surface area contributed by atoms with Crippen molar-refractivity contribution in [2.45, 2.75) is 19.9 Å². The number of fused-ring (bicyclic) bond motifs is 4. The van der Waals surface area contributed by atoms with Gasteiger partial charge in [-0.05, 0) is 61.9 Å². The number of hydrogen-bond acceptors (Lipinski definition) is 6. The molecule has 2 aliphatic heterocycles. The molecule has 0 fully saturated rings. The molecule has 7 heteroatoms. The standard InChI is InChI=1S/C33H28N6O/c1-21-12-11-13-23(20-21)34-31-33-36-32-29(22(2)37-39(32)24-14-5-4-6-15-24)30(25-16-7-10-19-28(25)40-3)38(33)27-18-9-8-17-26(27)35-31/h4-20,30H,1-3H3,(H,34,35)/t30-/m1/s1. The van der Waals surface area contributed by atoms with E-state index in [1.165, 1.54) is 0 Å². The lowest BCUT2D eigenvalue weighted by molar-refractivity contribution is 0.407. The lowest BCUT2D eigenvalue weighted by Gasteiger charge is -2.41. The molecule has 0 saturated heterocycles.